The second kappa shape index (κ2) is 4.23. The highest BCUT2D eigenvalue weighted by molar-refractivity contribution is 6.35. The molecule has 3 aromatic rings. The fourth-order valence-electron chi connectivity index (χ4n) is 1.38. The van der Waals surface area contributed by atoms with Crippen molar-refractivity contribution < 1.29 is 15.1 Å². The zero-order valence-electron chi connectivity index (χ0n) is 19.4. The molecule has 17 heavy (non-hydrogen) atoms. The van der Waals surface area contributed by atoms with Gasteiger partial charge in [-0.15, -0.1) is 0 Å². The average Bonchev–Trinajstić information content (AvgIpc) is 2.66. The van der Waals surface area contributed by atoms with E-state index in [1.807, 2.05) is 0 Å². The van der Waals surface area contributed by atoms with E-state index in [-0.39, 0.29) is 15.8 Å². The van der Waals surface area contributed by atoms with Crippen LogP contribution in [0, 0.1) is 0 Å². The highest BCUT2D eigenvalue weighted by atomic mass is 35.5. The van der Waals surface area contributed by atoms with E-state index >= 15 is 0 Å². The van der Waals surface area contributed by atoms with Crippen molar-refractivity contribution in [2.45, 2.75) is 0 Å². The molecule has 0 aliphatic rings. The fourth-order valence-corrected chi connectivity index (χ4v) is 1.56. The molecule has 0 heterocycles. The highest BCUT2D eigenvalue weighted by Gasteiger charge is 2.01. The van der Waals surface area contributed by atoms with Gasteiger partial charge in [0.05, 0.1) is 15.1 Å². The second-order valence-electron chi connectivity index (χ2n) is 3.19. The molecule has 0 radical (unpaired) electrons. The van der Waals surface area contributed by atoms with E-state index in [1.165, 1.54) is 0 Å². The lowest BCUT2D eigenvalue weighted by Crippen LogP contribution is -1.79. The molecule has 0 atom stereocenters. The van der Waals surface area contributed by atoms with Gasteiger partial charge in [0.1, 0.15) is 0 Å². The molecule has 0 N–H and O–H groups in total. The molecule has 0 saturated heterocycles. The van der Waals surface area contributed by atoms with E-state index in [2.05, 4.69) is 0 Å². The van der Waals surface area contributed by atoms with E-state index in [1.54, 1.807) is 0 Å². The largest absolute Gasteiger partial charge is 0.0837 e. The molecule has 0 unspecified atom stereocenters. The van der Waals surface area contributed by atoms with Gasteiger partial charge in [0.2, 0.25) is 0 Å². The van der Waals surface area contributed by atoms with Crippen molar-refractivity contribution in [2.75, 3.05) is 0 Å². The molecule has 3 rings (SSSR count). The number of fused-ring (bicyclic) bond motifs is 1. The van der Waals surface area contributed by atoms with Gasteiger partial charge in [0.15, 0.2) is 0 Å². The van der Waals surface area contributed by atoms with Crippen LogP contribution in [0.5, 0.6) is 0 Å². The van der Waals surface area contributed by atoms with Crippen molar-refractivity contribution in [3.63, 3.8) is 0 Å². The zero-order chi connectivity index (χ0) is 21.2. The van der Waals surface area contributed by atoms with Crippen molar-refractivity contribution in [1.29, 1.82) is 0 Å². The standard InChI is InChI=1S/C16H11Cl/c17-16-8-4-7-13-9-10-14(11-15(13)16)12-5-2-1-3-6-12/h1-11H/i1D,2D,3D,4D,5D,6D,7D,8D,9D,10D,11D. The molecule has 0 amide bonds. The van der Waals surface area contributed by atoms with E-state index in [9.17, 15) is 0 Å². The average molecular weight is 250 g/mol. The lowest BCUT2D eigenvalue weighted by molar-refractivity contribution is 1.64. The molecule has 0 bridgehead atoms. The van der Waals surface area contributed by atoms with Crippen LogP contribution in [0.4, 0.5) is 0 Å². The third kappa shape index (κ3) is 1.92. The van der Waals surface area contributed by atoms with Gasteiger partial charge in [0, 0.05) is 10.4 Å². The van der Waals surface area contributed by atoms with Gasteiger partial charge < -0.3 is 0 Å². The van der Waals surface area contributed by atoms with Crippen LogP contribution in [0.2, 0.25) is 5.02 Å². The monoisotopic (exact) mass is 249 g/mol. The molecule has 0 saturated carbocycles. The Morgan fingerprint density at radius 2 is 1.59 bits per heavy atom. The molecule has 0 aromatic heterocycles. The van der Waals surface area contributed by atoms with Crippen LogP contribution in [0.25, 0.3) is 21.9 Å². The van der Waals surface area contributed by atoms with Crippen LogP contribution >= 0.6 is 11.6 Å². The molecule has 0 fully saturated rings. The molecular weight excluding hydrogens is 228 g/mol. The summed E-state index contributed by atoms with van der Waals surface area (Å²) in [5, 5.41) is -0.879. The third-order valence-corrected chi connectivity index (χ3v) is 2.43. The van der Waals surface area contributed by atoms with Gasteiger partial charge in [-0.25, -0.2) is 0 Å². The quantitative estimate of drug-likeness (QED) is 0.559. The van der Waals surface area contributed by atoms with Crippen LogP contribution in [-0.4, -0.2) is 0 Å². The summed E-state index contributed by atoms with van der Waals surface area (Å²) in [7, 11) is 0. The summed E-state index contributed by atoms with van der Waals surface area (Å²) in [5.74, 6) is 0. The van der Waals surface area contributed by atoms with Gasteiger partial charge in [-0.05, 0) is 28.6 Å². The molecule has 0 aliphatic heterocycles. The van der Waals surface area contributed by atoms with Crippen LogP contribution in [-0.2, 0) is 0 Å². The van der Waals surface area contributed by atoms with Gasteiger partial charge in [-0.3, -0.25) is 0 Å². The summed E-state index contributed by atoms with van der Waals surface area (Å²) in [4.78, 5) is 0. The highest BCUT2D eigenvalue weighted by Crippen LogP contribution is 2.28. The van der Waals surface area contributed by atoms with Crippen LogP contribution in [0.15, 0.2) is 66.5 Å². The second-order valence-corrected chi connectivity index (χ2v) is 3.57. The fraction of sp³-hybridized carbons (Fsp3) is 0. The Morgan fingerprint density at radius 3 is 2.41 bits per heavy atom. The maximum atomic E-state index is 8.46. The number of rotatable bonds is 1. The summed E-state index contributed by atoms with van der Waals surface area (Å²) in [6.45, 7) is 0. The Labute approximate surface area is 121 Å². The Balaban J connectivity index is 2.64. The van der Waals surface area contributed by atoms with Gasteiger partial charge >= 0.3 is 0 Å². The summed E-state index contributed by atoms with van der Waals surface area (Å²) in [6.07, 6.45) is 0. The predicted octanol–water partition coefficient (Wildman–Crippen LogP) is 5.16. The number of halogens is 1. The van der Waals surface area contributed by atoms with Gasteiger partial charge in [-0.1, -0.05) is 66.0 Å². The van der Waals surface area contributed by atoms with Crippen molar-refractivity contribution >= 4 is 22.4 Å². The minimum atomic E-state index is -0.656. The normalized spacial score (nSPS) is 19.7. The lowest BCUT2D eigenvalue weighted by Gasteiger charge is -2.05. The maximum absolute atomic E-state index is 8.46. The van der Waals surface area contributed by atoms with E-state index < -0.39 is 77.6 Å². The molecule has 0 spiro atoms. The smallest absolute Gasteiger partial charge is 0.0639 e. The molecule has 0 nitrogen and oxygen atoms in total. The third-order valence-electron chi connectivity index (χ3n) is 2.14. The molecule has 1 heteroatoms. The molecule has 3 aromatic carbocycles. The summed E-state index contributed by atoms with van der Waals surface area (Å²) in [5.41, 5.74) is -0.839. The van der Waals surface area contributed by atoms with Crippen LogP contribution in [0.3, 0.4) is 0 Å². The summed E-state index contributed by atoms with van der Waals surface area (Å²) in [6, 6.07) is -6.60. The molecule has 0 aliphatic carbocycles. The SMILES string of the molecule is [2H]c1c([2H])c([2H])c(-c2c([2H])c([2H])c3c([2H])c([2H])c([2H])c(Cl)c3c2[2H])c([2H])c1[2H]. The lowest BCUT2D eigenvalue weighted by atomic mass is 10.0. The molecule has 82 valence electrons. The Kier molecular flexibility index (Phi) is 0.960. The number of benzene rings is 3. The maximum Gasteiger partial charge on any atom is 0.0639 e. The van der Waals surface area contributed by atoms with Crippen molar-refractivity contribution in [2.24, 2.45) is 0 Å². The Hall–Kier alpha value is -1.79. The Bertz CT molecular complexity index is 1160. The topological polar surface area (TPSA) is 0 Å². The number of hydrogen-bond donors (Lipinski definition) is 0. The van der Waals surface area contributed by atoms with Crippen molar-refractivity contribution in [3.05, 3.63) is 71.5 Å². The predicted molar refractivity (Wildman–Crippen MR) is 74.4 cm³/mol. The number of hydrogen-bond acceptors (Lipinski definition) is 0. The van der Waals surface area contributed by atoms with Crippen molar-refractivity contribution in [3.8, 4) is 11.1 Å². The van der Waals surface area contributed by atoms with Gasteiger partial charge in [-0.2, -0.15) is 0 Å². The minimum Gasteiger partial charge on any atom is -0.0837 e. The summed E-state index contributed by atoms with van der Waals surface area (Å²) < 4.78 is 88.0. The first kappa shape index (κ1) is 3.86. The van der Waals surface area contributed by atoms with Crippen molar-refractivity contribution in [1.82, 2.24) is 0 Å². The van der Waals surface area contributed by atoms with E-state index in [0.717, 1.165) is 0 Å². The first-order chi connectivity index (χ1) is 12.9. The van der Waals surface area contributed by atoms with E-state index in [4.69, 9.17) is 26.7 Å². The van der Waals surface area contributed by atoms with E-state index in [0.29, 0.717) is 0 Å². The minimum absolute atomic E-state index is 0.240. The van der Waals surface area contributed by atoms with Crippen LogP contribution < -0.4 is 0 Å². The first-order valence-corrected chi connectivity index (χ1v) is 5.07. The van der Waals surface area contributed by atoms with Crippen LogP contribution in [0.1, 0.15) is 15.1 Å². The van der Waals surface area contributed by atoms with Gasteiger partial charge in [0.25, 0.3) is 0 Å². The summed E-state index contributed by atoms with van der Waals surface area (Å²) >= 11 is 6.11. The Morgan fingerprint density at radius 1 is 0.765 bits per heavy atom. The zero-order valence-corrected chi connectivity index (χ0v) is 9.13. The molecular formula is C16H11Cl. The first-order valence-electron chi connectivity index (χ1n) is 10.2.